The number of rotatable bonds is 5. The number of thiazole rings is 1. The van der Waals surface area contributed by atoms with E-state index in [1.807, 2.05) is 0 Å². The normalized spacial score (nSPS) is 11.3. The Bertz CT molecular complexity index is 704. The van der Waals surface area contributed by atoms with Crippen molar-refractivity contribution in [2.24, 2.45) is 0 Å². The van der Waals surface area contributed by atoms with Gasteiger partial charge in [0.05, 0.1) is 7.11 Å². The number of aromatic nitrogens is 1. The first kappa shape index (κ1) is 17.6. The van der Waals surface area contributed by atoms with Crippen LogP contribution >= 0.6 is 22.9 Å². The number of carbonyl (C=O) groups excluding carboxylic acids is 1. The van der Waals surface area contributed by atoms with Gasteiger partial charge in [-0.1, -0.05) is 35.1 Å². The third kappa shape index (κ3) is 5.11. The molecule has 0 aliphatic heterocycles. The Morgan fingerprint density at radius 2 is 2.17 bits per heavy atom. The van der Waals surface area contributed by atoms with Crippen LogP contribution in [0, 0.1) is 0 Å². The highest BCUT2D eigenvalue weighted by atomic mass is 35.5. The largest absolute Gasteiger partial charge is 0.465 e. The van der Waals surface area contributed by atoms with Crippen LogP contribution < -0.4 is 5.32 Å². The molecule has 0 amide bonds. The first-order valence-electron chi connectivity index (χ1n) is 6.46. The second kappa shape index (κ2) is 7.18. The summed E-state index contributed by atoms with van der Waals surface area (Å²) < 4.78 is 41.4. The molecule has 1 heterocycles. The summed E-state index contributed by atoms with van der Waals surface area (Å²) in [4.78, 5) is 15.6. The molecule has 0 saturated carbocycles. The molecule has 1 aromatic carbocycles. The van der Waals surface area contributed by atoms with Gasteiger partial charge in [-0.05, 0) is 24.1 Å². The fourth-order valence-electron chi connectivity index (χ4n) is 1.79. The molecule has 4 nitrogen and oxygen atoms in total. The zero-order valence-electron chi connectivity index (χ0n) is 11.9. The molecule has 0 radical (unpaired) electrons. The van der Waals surface area contributed by atoms with Crippen LogP contribution in [0.5, 0.6) is 0 Å². The number of hydrogen-bond donors (Lipinski definition) is 1. The Labute approximate surface area is 139 Å². The Hall–Kier alpha value is -1.80. The molecule has 0 bridgehead atoms. The number of methoxy groups -OCH3 is 1. The summed E-state index contributed by atoms with van der Waals surface area (Å²) in [6.07, 6.45) is -5.18. The lowest BCUT2D eigenvalue weighted by Gasteiger charge is -2.08. The predicted molar refractivity (Wildman–Crippen MR) is 82.6 cm³/mol. The summed E-state index contributed by atoms with van der Waals surface area (Å²) >= 11 is 6.85. The molecule has 23 heavy (non-hydrogen) atoms. The first-order chi connectivity index (χ1) is 10.8. The summed E-state index contributed by atoms with van der Waals surface area (Å²) in [7, 11) is 1.23. The number of carbonyl (C=O) groups is 1. The molecule has 0 fully saturated rings. The zero-order chi connectivity index (χ0) is 17.0. The van der Waals surface area contributed by atoms with E-state index in [0.29, 0.717) is 16.4 Å². The number of benzene rings is 1. The molecule has 0 unspecified atom stereocenters. The van der Waals surface area contributed by atoms with Crippen LogP contribution in [0.3, 0.4) is 0 Å². The van der Waals surface area contributed by atoms with Crippen LogP contribution in [0.1, 0.15) is 21.7 Å². The maximum Gasteiger partial charge on any atom is 0.389 e. The van der Waals surface area contributed by atoms with Crippen LogP contribution in [0.2, 0.25) is 5.15 Å². The minimum atomic E-state index is -4.19. The van der Waals surface area contributed by atoms with Crippen molar-refractivity contribution in [3.63, 3.8) is 0 Å². The molecule has 2 rings (SSSR count). The molecule has 0 aliphatic carbocycles. The summed E-state index contributed by atoms with van der Waals surface area (Å²) in [5, 5.41) is 3.28. The number of anilines is 2. The highest BCUT2D eigenvalue weighted by molar-refractivity contribution is 7.18. The summed E-state index contributed by atoms with van der Waals surface area (Å²) in [5.41, 5.74) is 1.11. The van der Waals surface area contributed by atoms with Crippen LogP contribution in [-0.2, 0) is 11.2 Å². The number of aryl methyl sites for hydroxylation is 1. The third-order valence-corrected chi connectivity index (χ3v) is 4.17. The van der Waals surface area contributed by atoms with Crippen molar-refractivity contribution in [1.82, 2.24) is 4.98 Å². The van der Waals surface area contributed by atoms with Crippen molar-refractivity contribution in [3.8, 4) is 0 Å². The van der Waals surface area contributed by atoms with Crippen LogP contribution in [0.25, 0.3) is 0 Å². The van der Waals surface area contributed by atoms with Crippen LogP contribution in [0.4, 0.5) is 24.0 Å². The van der Waals surface area contributed by atoms with E-state index < -0.39 is 18.6 Å². The van der Waals surface area contributed by atoms with Gasteiger partial charge in [-0.15, -0.1) is 0 Å². The van der Waals surface area contributed by atoms with Gasteiger partial charge in [0, 0.05) is 12.1 Å². The fraction of sp³-hybridized carbons (Fsp3) is 0.286. The predicted octanol–water partition coefficient (Wildman–Crippen LogP) is 4.82. The number of ether oxygens (including phenoxy) is 1. The molecule has 0 saturated heterocycles. The van der Waals surface area contributed by atoms with Gasteiger partial charge in [0.15, 0.2) is 15.2 Å². The summed E-state index contributed by atoms with van der Waals surface area (Å²) in [5.74, 6) is -0.598. The topological polar surface area (TPSA) is 51.2 Å². The Morgan fingerprint density at radius 3 is 2.83 bits per heavy atom. The van der Waals surface area contributed by atoms with Crippen molar-refractivity contribution in [1.29, 1.82) is 0 Å². The fourth-order valence-corrected chi connectivity index (χ4v) is 2.91. The molecular formula is C14H12ClF3N2O2S. The smallest absolute Gasteiger partial charge is 0.389 e. The lowest BCUT2D eigenvalue weighted by atomic mass is 10.1. The summed E-state index contributed by atoms with van der Waals surface area (Å²) in [6, 6.07) is 6.54. The molecular weight excluding hydrogens is 353 g/mol. The van der Waals surface area contributed by atoms with Crippen molar-refractivity contribution in [2.75, 3.05) is 12.4 Å². The van der Waals surface area contributed by atoms with E-state index >= 15 is 0 Å². The zero-order valence-corrected chi connectivity index (χ0v) is 13.5. The average molecular weight is 365 g/mol. The van der Waals surface area contributed by atoms with E-state index in [4.69, 9.17) is 11.6 Å². The van der Waals surface area contributed by atoms with E-state index in [2.05, 4.69) is 15.0 Å². The third-order valence-electron chi connectivity index (χ3n) is 2.83. The molecule has 124 valence electrons. The summed E-state index contributed by atoms with van der Waals surface area (Å²) in [6.45, 7) is 0. The Balaban J connectivity index is 2.10. The van der Waals surface area contributed by atoms with E-state index in [0.717, 1.165) is 11.3 Å². The SMILES string of the molecule is COC(=O)c1sc(Nc2cccc(CCC(F)(F)F)c2)nc1Cl. The van der Waals surface area contributed by atoms with Gasteiger partial charge >= 0.3 is 12.1 Å². The van der Waals surface area contributed by atoms with E-state index in [1.54, 1.807) is 24.3 Å². The van der Waals surface area contributed by atoms with Gasteiger partial charge < -0.3 is 10.1 Å². The minimum Gasteiger partial charge on any atom is -0.465 e. The van der Waals surface area contributed by atoms with E-state index in [9.17, 15) is 18.0 Å². The monoisotopic (exact) mass is 364 g/mol. The van der Waals surface area contributed by atoms with Gasteiger partial charge in [-0.3, -0.25) is 0 Å². The van der Waals surface area contributed by atoms with Gasteiger partial charge in [0.25, 0.3) is 0 Å². The molecule has 0 aliphatic rings. The Morgan fingerprint density at radius 1 is 1.43 bits per heavy atom. The highest BCUT2D eigenvalue weighted by Crippen LogP contribution is 2.30. The lowest BCUT2D eigenvalue weighted by Crippen LogP contribution is -2.08. The van der Waals surface area contributed by atoms with Crippen molar-refractivity contribution >= 4 is 39.7 Å². The molecule has 0 spiro atoms. The minimum absolute atomic E-state index is 0.0116. The van der Waals surface area contributed by atoms with Crippen LogP contribution in [0.15, 0.2) is 24.3 Å². The maximum absolute atomic E-state index is 12.3. The number of alkyl halides is 3. The van der Waals surface area contributed by atoms with Gasteiger partial charge in [-0.2, -0.15) is 13.2 Å². The molecule has 1 aromatic heterocycles. The number of hydrogen-bond acceptors (Lipinski definition) is 5. The van der Waals surface area contributed by atoms with E-state index in [1.165, 1.54) is 7.11 Å². The molecule has 1 N–H and O–H groups in total. The Kier molecular flexibility index (Phi) is 5.48. The lowest BCUT2D eigenvalue weighted by molar-refractivity contribution is -0.134. The second-order valence-corrected chi connectivity index (χ2v) is 5.93. The number of nitrogens with zero attached hydrogens (tertiary/aromatic N) is 1. The molecule has 2 aromatic rings. The first-order valence-corrected chi connectivity index (χ1v) is 7.65. The van der Waals surface area contributed by atoms with E-state index in [-0.39, 0.29) is 16.5 Å². The maximum atomic E-state index is 12.3. The van der Waals surface area contributed by atoms with Gasteiger partial charge in [0.2, 0.25) is 0 Å². The van der Waals surface area contributed by atoms with Crippen molar-refractivity contribution in [3.05, 3.63) is 39.9 Å². The average Bonchev–Trinajstić information content (AvgIpc) is 2.84. The second-order valence-electron chi connectivity index (χ2n) is 4.57. The number of halogens is 4. The highest BCUT2D eigenvalue weighted by Gasteiger charge is 2.26. The van der Waals surface area contributed by atoms with Crippen molar-refractivity contribution in [2.45, 2.75) is 19.0 Å². The van der Waals surface area contributed by atoms with Crippen LogP contribution in [-0.4, -0.2) is 24.2 Å². The van der Waals surface area contributed by atoms with Gasteiger partial charge in [0.1, 0.15) is 0 Å². The van der Waals surface area contributed by atoms with Gasteiger partial charge in [-0.25, -0.2) is 9.78 Å². The molecule has 9 heteroatoms. The molecule has 0 atom stereocenters. The number of nitrogens with one attached hydrogen (secondary N) is 1. The van der Waals surface area contributed by atoms with Crippen molar-refractivity contribution < 1.29 is 22.7 Å². The quantitative estimate of drug-likeness (QED) is 0.773. The number of esters is 1. The standard InChI is InChI=1S/C14H12ClF3N2O2S/c1-22-12(21)10-11(15)20-13(23-10)19-9-4-2-3-8(7-9)5-6-14(16,17)18/h2-4,7H,5-6H2,1H3,(H,19,20).